The minimum absolute atomic E-state index is 0.139. The maximum atomic E-state index is 11.4. The molecular weight excluding hydrogens is 220 g/mol. The number of ether oxygens (including phenoxy) is 1. The third kappa shape index (κ3) is 1.89. The fourth-order valence-electron chi connectivity index (χ4n) is 1.62. The molecule has 1 N–H and O–H groups in total. The summed E-state index contributed by atoms with van der Waals surface area (Å²) in [7, 11) is 0. The molecular formula is C13H12O4. The molecule has 2 aromatic rings. The lowest BCUT2D eigenvalue weighted by atomic mass is 10.1. The van der Waals surface area contributed by atoms with Crippen LogP contribution >= 0.6 is 0 Å². The predicted molar refractivity (Wildman–Crippen MR) is 64.6 cm³/mol. The average molecular weight is 232 g/mol. The first-order chi connectivity index (χ1) is 8.15. The van der Waals surface area contributed by atoms with Gasteiger partial charge in [-0.2, -0.15) is 0 Å². The Bertz CT molecular complexity index is 625. The molecule has 4 nitrogen and oxygen atoms in total. The average Bonchev–Trinajstić information content (AvgIpc) is 2.31. The molecule has 0 aliphatic heterocycles. The summed E-state index contributed by atoms with van der Waals surface area (Å²) in [6, 6.07) is 5.35. The topological polar surface area (TPSA) is 59.7 Å². The number of benzene rings is 1. The Morgan fingerprint density at radius 1 is 1.53 bits per heavy atom. The third-order valence-electron chi connectivity index (χ3n) is 2.41. The number of aryl methyl sites for hydroxylation is 1. The van der Waals surface area contributed by atoms with Crippen LogP contribution in [0.4, 0.5) is 0 Å². The van der Waals surface area contributed by atoms with E-state index in [1.807, 2.05) is 13.0 Å². The lowest BCUT2D eigenvalue weighted by Crippen LogP contribution is -2.04. The van der Waals surface area contributed by atoms with Crippen molar-refractivity contribution in [2.45, 2.75) is 6.92 Å². The Morgan fingerprint density at radius 3 is 3.00 bits per heavy atom. The highest BCUT2D eigenvalue weighted by molar-refractivity contribution is 5.87. The minimum Gasteiger partial charge on any atom is -0.499 e. The zero-order chi connectivity index (χ0) is 12.4. The van der Waals surface area contributed by atoms with Crippen LogP contribution in [0.15, 0.2) is 40.1 Å². The van der Waals surface area contributed by atoms with Gasteiger partial charge in [0, 0.05) is 0 Å². The minimum atomic E-state index is -0.800. The van der Waals surface area contributed by atoms with E-state index in [-0.39, 0.29) is 12.4 Å². The molecule has 0 aliphatic carbocycles. The molecule has 2 rings (SSSR count). The van der Waals surface area contributed by atoms with Gasteiger partial charge in [-0.15, -0.1) is 0 Å². The van der Waals surface area contributed by atoms with Gasteiger partial charge in [-0.25, -0.2) is 4.79 Å². The zero-order valence-electron chi connectivity index (χ0n) is 9.40. The van der Waals surface area contributed by atoms with Crippen molar-refractivity contribution in [2.75, 3.05) is 6.61 Å². The van der Waals surface area contributed by atoms with Gasteiger partial charge in [0.2, 0.25) is 5.75 Å². The first-order valence-electron chi connectivity index (χ1n) is 5.14. The molecule has 0 bridgehead atoms. The van der Waals surface area contributed by atoms with Gasteiger partial charge in [-0.3, -0.25) is 0 Å². The van der Waals surface area contributed by atoms with Crippen LogP contribution in [-0.2, 0) is 0 Å². The SMILES string of the molecule is C=CCOc1c(O)c(=O)oc2c(C)cccc12. The molecule has 0 radical (unpaired) electrons. The summed E-state index contributed by atoms with van der Waals surface area (Å²) in [5.74, 6) is -0.371. The Balaban J connectivity index is 2.78. The van der Waals surface area contributed by atoms with Crippen molar-refractivity contribution in [3.05, 3.63) is 46.8 Å². The summed E-state index contributed by atoms with van der Waals surface area (Å²) in [5, 5.41) is 10.2. The number of rotatable bonds is 3. The maximum absolute atomic E-state index is 11.4. The Labute approximate surface area is 97.8 Å². The van der Waals surface area contributed by atoms with E-state index in [1.54, 1.807) is 12.1 Å². The highest BCUT2D eigenvalue weighted by Crippen LogP contribution is 2.32. The second-order valence-electron chi connectivity index (χ2n) is 3.62. The number of para-hydroxylation sites is 1. The smallest absolute Gasteiger partial charge is 0.382 e. The number of fused-ring (bicyclic) bond motifs is 1. The van der Waals surface area contributed by atoms with E-state index in [2.05, 4.69) is 6.58 Å². The molecule has 0 unspecified atom stereocenters. The van der Waals surface area contributed by atoms with E-state index in [9.17, 15) is 9.90 Å². The van der Waals surface area contributed by atoms with Gasteiger partial charge in [0.15, 0.2) is 5.75 Å². The van der Waals surface area contributed by atoms with E-state index in [4.69, 9.17) is 9.15 Å². The van der Waals surface area contributed by atoms with Gasteiger partial charge >= 0.3 is 5.63 Å². The molecule has 0 amide bonds. The fraction of sp³-hybridized carbons (Fsp3) is 0.154. The second-order valence-corrected chi connectivity index (χ2v) is 3.62. The van der Waals surface area contributed by atoms with E-state index in [0.29, 0.717) is 11.0 Å². The van der Waals surface area contributed by atoms with E-state index in [0.717, 1.165) is 5.56 Å². The fourth-order valence-corrected chi connectivity index (χ4v) is 1.62. The van der Waals surface area contributed by atoms with E-state index >= 15 is 0 Å². The van der Waals surface area contributed by atoms with Crippen LogP contribution in [0.25, 0.3) is 11.0 Å². The number of aromatic hydroxyl groups is 1. The van der Waals surface area contributed by atoms with Crippen molar-refractivity contribution in [2.24, 2.45) is 0 Å². The molecule has 0 saturated carbocycles. The van der Waals surface area contributed by atoms with Gasteiger partial charge < -0.3 is 14.3 Å². The van der Waals surface area contributed by atoms with Crippen LogP contribution in [0.3, 0.4) is 0 Å². The normalized spacial score (nSPS) is 10.4. The monoisotopic (exact) mass is 232 g/mol. The predicted octanol–water partition coefficient (Wildman–Crippen LogP) is 2.37. The standard InChI is InChI=1S/C13H12O4/c1-3-7-16-12-9-6-4-5-8(2)11(9)17-13(15)10(12)14/h3-6,14H,1,7H2,2H3. The van der Waals surface area contributed by atoms with Crippen molar-refractivity contribution in [1.29, 1.82) is 0 Å². The first kappa shape index (κ1) is 11.3. The first-order valence-corrected chi connectivity index (χ1v) is 5.14. The van der Waals surface area contributed by atoms with Crippen LogP contribution in [0, 0.1) is 6.92 Å². The number of hydrogen-bond donors (Lipinski definition) is 1. The summed E-state index contributed by atoms with van der Waals surface area (Å²) in [4.78, 5) is 11.4. The van der Waals surface area contributed by atoms with Gasteiger partial charge in [0.25, 0.3) is 0 Å². The van der Waals surface area contributed by atoms with Crippen LogP contribution in [0.2, 0.25) is 0 Å². The van der Waals surface area contributed by atoms with Crippen molar-refractivity contribution in [3.8, 4) is 11.5 Å². The zero-order valence-corrected chi connectivity index (χ0v) is 9.40. The van der Waals surface area contributed by atoms with Crippen LogP contribution < -0.4 is 10.4 Å². The lowest BCUT2D eigenvalue weighted by molar-refractivity contribution is 0.328. The summed E-state index contributed by atoms with van der Waals surface area (Å²) in [6.45, 7) is 5.54. The molecule has 0 atom stereocenters. The van der Waals surface area contributed by atoms with Crippen LogP contribution in [-0.4, -0.2) is 11.7 Å². The summed E-state index contributed by atoms with van der Waals surface area (Å²) in [6.07, 6.45) is 1.54. The molecule has 0 aliphatic rings. The second kappa shape index (κ2) is 4.33. The third-order valence-corrected chi connectivity index (χ3v) is 2.41. The van der Waals surface area contributed by atoms with Gasteiger partial charge in [-0.1, -0.05) is 24.8 Å². The largest absolute Gasteiger partial charge is 0.499 e. The summed E-state index contributed by atoms with van der Waals surface area (Å²) in [5.41, 5.74) is 0.434. The lowest BCUT2D eigenvalue weighted by Gasteiger charge is -2.09. The highest BCUT2D eigenvalue weighted by Gasteiger charge is 2.15. The van der Waals surface area contributed by atoms with Crippen molar-refractivity contribution in [3.63, 3.8) is 0 Å². The molecule has 0 fully saturated rings. The number of hydrogen-bond acceptors (Lipinski definition) is 4. The van der Waals surface area contributed by atoms with Gasteiger partial charge in [0.05, 0.1) is 5.39 Å². The molecule has 4 heteroatoms. The quantitative estimate of drug-likeness (QED) is 0.652. The van der Waals surface area contributed by atoms with Crippen LogP contribution in [0.1, 0.15) is 5.56 Å². The molecule has 17 heavy (non-hydrogen) atoms. The Hall–Kier alpha value is -2.23. The summed E-state index contributed by atoms with van der Waals surface area (Å²) >= 11 is 0. The molecule has 1 aromatic heterocycles. The highest BCUT2D eigenvalue weighted by atomic mass is 16.5. The molecule has 1 heterocycles. The van der Waals surface area contributed by atoms with E-state index in [1.165, 1.54) is 6.08 Å². The molecule has 0 spiro atoms. The van der Waals surface area contributed by atoms with E-state index < -0.39 is 11.4 Å². The van der Waals surface area contributed by atoms with Gasteiger partial charge in [0.1, 0.15) is 12.2 Å². The Kier molecular flexibility index (Phi) is 2.87. The maximum Gasteiger partial charge on any atom is 0.382 e. The van der Waals surface area contributed by atoms with Crippen molar-refractivity contribution >= 4 is 11.0 Å². The summed E-state index contributed by atoms with van der Waals surface area (Å²) < 4.78 is 10.3. The van der Waals surface area contributed by atoms with Crippen molar-refractivity contribution < 1.29 is 14.3 Å². The van der Waals surface area contributed by atoms with Gasteiger partial charge in [-0.05, 0) is 18.6 Å². The molecule has 88 valence electrons. The van der Waals surface area contributed by atoms with Crippen LogP contribution in [0.5, 0.6) is 11.5 Å². The van der Waals surface area contributed by atoms with Crippen molar-refractivity contribution in [1.82, 2.24) is 0 Å². The molecule has 0 saturated heterocycles. The molecule has 1 aromatic carbocycles. The Morgan fingerprint density at radius 2 is 2.29 bits per heavy atom.